The Kier molecular flexibility index (Phi) is 3.12. The van der Waals surface area contributed by atoms with Gasteiger partial charge in [0.25, 0.3) is 0 Å². The molecule has 1 aromatic carbocycles. The van der Waals surface area contributed by atoms with Crippen molar-refractivity contribution in [3.05, 3.63) is 69.1 Å². The molecule has 0 saturated carbocycles. The summed E-state index contributed by atoms with van der Waals surface area (Å²) in [5, 5.41) is 9.76. The van der Waals surface area contributed by atoms with Gasteiger partial charge in [-0.1, -0.05) is 34.1 Å². The highest BCUT2D eigenvalue weighted by Gasteiger charge is 2.23. The fraction of sp³-hybridized carbons (Fsp3) is 0.0667. The summed E-state index contributed by atoms with van der Waals surface area (Å²) in [5.41, 5.74) is 2.19. The minimum atomic E-state index is 0.0856. The molecular formula is C15H11BrN4S. The van der Waals surface area contributed by atoms with E-state index in [4.69, 9.17) is 0 Å². The molecule has 1 aliphatic rings. The Hall–Kier alpha value is -1.92. The maximum atomic E-state index is 4.33. The summed E-state index contributed by atoms with van der Waals surface area (Å²) >= 11 is 5.20. The summed E-state index contributed by atoms with van der Waals surface area (Å²) < 4.78 is 2.98. The topological polar surface area (TPSA) is 42.7 Å². The second-order valence-electron chi connectivity index (χ2n) is 4.70. The quantitative estimate of drug-likeness (QED) is 0.747. The summed E-state index contributed by atoms with van der Waals surface area (Å²) in [7, 11) is 0. The lowest BCUT2D eigenvalue weighted by molar-refractivity contribution is 0.620. The Labute approximate surface area is 134 Å². The first-order chi connectivity index (χ1) is 10.3. The van der Waals surface area contributed by atoms with Crippen LogP contribution in [0, 0.1) is 0 Å². The van der Waals surface area contributed by atoms with Crippen LogP contribution in [0.5, 0.6) is 0 Å². The second kappa shape index (κ2) is 5.13. The number of aromatic nitrogens is 3. The van der Waals surface area contributed by atoms with E-state index in [2.05, 4.69) is 67.1 Å². The average molecular weight is 359 g/mol. The number of fused-ring (bicyclic) bond motifs is 1. The Morgan fingerprint density at radius 1 is 1.19 bits per heavy atom. The second-order valence-corrected chi connectivity index (χ2v) is 6.60. The van der Waals surface area contributed by atoms with E-state index >= 15 is 0 Å². The van der Waals surface area contributed by atoms with Gasteiger partial charge < -0.3 is 5.32 Å². The van der Waals surface area contributed by atoms with Crippen LogP contribution >= 0.6 is 27.3 Å². The van der Waals surface area contributed by atoms with Crippen LogP contribution < -0.4 is 5.32 Å². The minimum Gasteiger partial charge on any atom is -0.324 e. The first-order valence-corrected chi connectivity index (χ1v) is 8.16. The van der Waals surface area contributed by atoms with Crippen LogP contribution in [0.3, 0.4) is 0 Å². The highest BCUT2D eigenvalue weighted by atomic mass is 79.9. The third-order valence-electron chi connectivity index (χ3n) is 3.40. The molecule has 0 saturated heterocycles. The number of thiophene rings is 1. The molecule has 0 unspecified atom stereocenters. The fourth-order valence-corrected chi connectivity index (χ4v) is 3.44. The summed E-state index contributed by atoms with van der Waals surface area (Å²) in [6.07, 6.45) is 3.78. The first kappa shape index (κ1) is 12.8. The van der Waals surface area contributed by atoms with Gasteiger partial charge in [0.15, 0.2) is 0 Å². The van der Waals surface area contributed by atoms with Crippen molar-refractivity contribution in [3.8, 4) is 0 Å². The van der Waals surface area contributed by atoms with Crippen molar-refractivity contribution in [1.29, 1.82) is 0 Å². The van der Waals surface area contributed by atoms with Crippen LogP contribution in [0.1, 0.15) is 16.5 Å². The van der Waals surface area contributed by atoms with Crippen molar-refractivity contribution < 1.29 is 0 Å². The van der Waals surface area contributed by atoms with Gasteiger partial charge in [-0.25, -0.2) is 4.68 Å². The van der Waals surface area contributed by atoms with Gasteiger partial charge in [-0.15, -0.1) is 11.3 Å². The van der Waals surface area contributed by atoms with Crippen molar-refractivity contribution in [2.75, 3.05) is 5.32 Å². The molecule has 1 aliphatic heterocycles. The zero-order chi connectivity index (χ0) is 14.2. The standard InChI is InChI=1S/C15H11BrN4S/c16-11-5-3-10(4-6-11)12-8-13(14-2-1-7-21-14)20-15(19-12)17-9-18-20/h1-9,13H,(H,17,18,19)/t13-/m1/s1. The van der Waals surface area contributed by atoms with E-state index in [0.717, 1.165) is 21.7 Å². The van der Waals surface area contributed by atoms with Crippen LogP contribution in [0.25, 0.3) is 5.70 Å². The number of rotatable bonds is 2. The molecule has 4 nitrogen and oxygen atoms in total. The summed E-state index contributed by atoms with van der Waals surface area (Å²) in [6.45, 7) is 0. The van der Waals surface area contributed by atoms with E-state index in [1.54, 1.807) is 17.7 Å². The van der Waals surface area contributed by atoms with Crippen molar-refractivity contribution in [3.63, 3.8) is 0 Å². The van der Waals surface area contributed by atoms with Crippen LogP contribution in [-0.4, -0.2) is 14.8 Å². The van der Waals surface area contributed by atoms with E-state index < -0.39 is 0 Å². The van der Waals surface area contributed by atoms with Gasteiger partial charge in [-0.05, 0) is 35.2 Å². The average Bonchev–Trinajstić information content (AvgIpc) is 3.18. The van der Waals surface area contributed by atoms with Gasteiger partial charge in [0.05, 0.1) is 0 Å². The zero-order valence-electron chi connectivity index (χ0n) is 10.9. The van der Waals surface area contributed by atoms with E-state index in [0.29, 0.717) is 0 Å². The summed E-state index contributed by atoms with van der Waals surface area (Å²) in [4.78, 5) is 5.55. The Morgan fingerprint density at radius 2 is 2.05 bits per heavy atom. The number of benzene rings is 1. The van der Waals surface area contributed by atoms with Crippen LogP contribution in [0.2, 0.25) is 0 Å². The van der Waals surface area contributed by atoms with E-state index in [1.807, 2.05) is 16.8 Å². The number of nitrogens with one attached hydrogen (secondary N) is 1. The number of hydrogen-bond donors (Lipinski definition) is 1. The SMILES string of the molecule is Brc1ccc(C2=C[C@H](c3cccs3)n3ncnc3N2)cc1. The zero-order valence-corrected chi connectivity index (χ0v) is 13.3. The van der Waals surface area contributed by atoms with Gasteiger partial charge in [-0.3, -0.25) is 0 Å². The third kappa shape index (κ3) is 2.30. The Balaban J connectivity index is 1.80. The fourth-order valence-electron chi connectivity index (χ4n) is 2.39. The normalized spacial score (nSPS) is 17.0. The van der Waals surface area contributed by atoms with Crippen molar-refractivity contribution in [2.24, 2.45) is 0 Å². The maximum absolute atomic E-state index is 4.33. The molecule has 3 heterocycles. The van der Waals surface area contributed by atoms with Crippen molar-refractivity contribution in [2.45, 2.75) is 6.04 Å². The molecule has 6 heteroatoms. The molecule has 3 aromatic rings. The number of halogens is 1. The van der Waals surface area contributed by atoms with Crippen LogP contribution in [0.4, 0.5) is 5.95 Å². The molecule has 104 valence electrons. The Morgan fingerprint density at radius 3 is 2.81 bits per heavy atom. The summed E-state index contributed by atoms with van der Waals surface area (Å²) in [5.74, 6) is 0.772. The minimum absolute atomic E-state index is 0.0856. The predicted molar refractivity (Wildman–Crippen MR) is 88.2 cm³/mol. The first-order valence-electron chi connectivity index (χ1n) is 6.49. The largest absolute Gasteiger partial charge is 0.324 e. The molecule has 0 bridgehead atoms. The molecule has 21 heavy (non-hydrogen) atoms. The van der Waals surface area contributed by atoms with Crippen LogP contribution in [0.15, 0.2) is 58.7 Å². The van der Waals surface area contributed by atoms with Gasteiger partial charge >= 0.3 is 0 Å². The van der Waals surface area contributed by atoms with E-state index in [-0.39, 0.29) is 6.04 Å². The molecule has 0 amide bonds. The molecule has 0 radical (unpaired) electrons. The molecule has 1 N–H and O–H groups in total. The monoisotopic (exact) mass is 358 g/mol. The molecule has 0 aliphatic carbocycles. The lowest BCUT2D eigenvalue weighted by Crippen LogP contribution is -2.19. The van der Waals surface area contributed by atoms with E-state index in [1.165, 1.54) is 4.88 Å². The summed E-state index contributed by atoms with van der Waals surface area (Å²) in [6, 6.07) is 12.5. The Bertz CT molecular complexity index is 789. The van der Waals surface area contributed by atoms with E-state index in [9.17, 15) is 0 Å². The smallest absolute Gasteiger partial charge is 0.226 e. The van der Waals surface area contributed by atoms with Crippen molar-refractivity contribution in [1.82, 2.24) is 14.8 Å². The third-order valence-corrected chi connectivity index (χ3v) is 4.87. The number of hydrogen-bond acceptors (Lipinski definition) is 4. The van der Waals surface area contributed by atoms with Crippen molar-refractivity contribution >= 4 is 38.9 Å². The highest BCUT2D eigenvalue weighted by molar-refractivity contribution is 9.10. The number of anilines is 1. The predicted octanol–water partition coefficient (Wildman–Crippen LogP) is 4.16. The number of allylic oxidation sites excluding steroid dienone is 1. The lowest BCUT2D eigenvalue weighted by Gasteiger charge is -2.23. The van der Waals surface area contributed by atoms with Gasteiger partial charge in [0, 0.05) is 15.0 Å². The van der Waals surface area contributed by atoms with Gasteiger partial charge in [-0.2, -0.15) is 10.1 Å². The van der Waals surface area contributed by atoms with Gasteiger partial charge in [0.2, 0.25) is 5.95 Å². The highest BCUT2D eigenvalue weighted by Crippen LogP contribution is 2.33. The molecule has 1 atom stereocenters. The van der Waals surface area contributed by atoms with Crippen LogP contribution in [-0.2, 0) is 0 Å². The molecule has 0 spiro atoms. The molecule has 4 rings (SSSR count). The number of nitrogens with zero attached hydrogens (tertiary/aromatic N) is 3. The lowest BCUT2D eigenvalue weighted by atomic mass is 10.1. The molecule has 2 aromatic heterocycles. The maximum Gasteiger partial charge on any atom is 0.226 e. The van der Waals surface area contributed by atoms with Gasteiger partial charge in [0.1, 0.15) is 12.4 Å². The molecular weight excluding hydrogens is 348 g/mol. The molecule has 0 fully saturated rings.